The first-order chi connectivity index (χ1) is 10.5. The summed E-state index contributed by atoms with van der Waals surface area (Å²) in [4.78, 5) is 28.4. The second-order valence-electron chi connectivity index (χ2n) is 5.63. The molecule has 1 N–H and O–H groups in total. The van der Waals surface area contributed by atoms with E-state index in [4.69, 9.17) is 11.6 Å². The van der Waals surface area contributed by atoms with Gasteiger partial charge in [0, 0.05) is 24.1 Å². The molecule has 0 aliphatic heterocycles. The van der Waals surface area contributed by atoms with E-state index in [1.54, 1.807) is 30.6 Å². The zero-order valence-corrected chi connectivity index (χ0v) is 12.9. The smallest absolute Gasteiger partial charge is 0.235 e. The Kier molecular flexibility index (Phi) is 3.71. The highest BCUT2D eigenvalue weighted by Gasteiger charge is 2.51. The molecule has 1 saturated carbocycles. The second kappa shape index (κ2) is 5.54. The maximum absolute atomic E-state index is 12.8. The Morgan fingerprint density at radius 1 is 1.32 bits per heavy atom. The van der Waals surface area contributed by atoms with Gasteiger partial charge < -0.3 is 5.32 Å². The fourth-order valence-corrected chi connectivity index (χ4v) is 2.93. The molecule has 0 atom stereocenters. The molecule has 112 valence electrons. The maximum Gasteiger partial charge on any atom is 0.235 e. The van der Waals surface area contributed by atoms with E-state index in [2.05, 4.69) is 10.3 Å². The molecule has 1 aliphatic carbocycles. The summed E-state index contributed by atoms with van der Waals surface area (Å²) in [5.41, 5.74) is 1.53. The molecule has 4 nitrogen and oxygen atoms in total. The minimum Gasteiger partial charge on any atom is -0.324 e. The number of rotatable bonds is 3. The van der Waals surface area contributed by atoms with Crippen molar-refractivity contribution in [2.45, 2.75) is 25.2 Å². The largest absolute Gasteiger partial charge is 0.324 e. The molecule has 5 heteroatoms. The molecule has 0 radical (unpaired) electrons. The van der Waals surface area contributed by atoms with E-state index in [-0.39, 0.29) is 24.5 Å². The third kappa shape index (κ3) is 2.50. The summed E-state index contributed by atoms with van der Waals surface area (Å²) < 4.78 is 0. The minimum atomic E-state index is -0.829. The van der Waals surface area contributed by atoms with Crippen LogP contribution in [0.3, 0.4) is 0 Å². The van der Waals surface area contributed by atoms with Gasteiger partial charge in [-0.15, -0.1) is 0 Å². The van der Waals surface area contributed by atoms with E-state index in [9.17, 15) is 9.59 Å². The van der Waals surface area contributed by atoms with Crippen LogP contribution in [0.2, 0.25) is 5.02 Å². The van der Waals surface area contributed by atoms with E-state index in [1.165, 1.54) is 0 Å². The summed E-state index contributed by atoms with van der Waals surface area (Å²) in [5, 5.41) is 3.45. The number of carbonyl (C=O) groups is 2. The number of anilines is 1. The molecule has 1 amide bonds. The number of Topliss-reactive ketones (excluding diaryl/α,β-unsaturated/α-hetero) is 1. The first-order valence-corrected chi connectivity index (χ1v) is 7.39. The molecule has 0 bridgehead atoms. The van der Waals surface area contributed by atoms with E-state index in [0.29, 0.717) is 10.7 Å². The van der Waals surface area contributed by atoms with Crippen molar-refractivity contribution >= 4 is 29.0 Å². The number of ketones is 1. The lowest BCUT2D eigenvalue weighted by Gasteiger charge is -2.39. The highest BCUT2D eigenvalue weighted by Crippen LogP contribution is 2.43. The summed E-state index contributed by atoms with van der Waals surface area (Å²) in [5.74, 6) is -0.108. The average molecular weight is 315 g/mol. The van der Waals surface area contributed by atoms with Gasteiger partial charge in [-0.3, -0.25) is 14.6 Å². The second-order valence-corrected chi connectivity index (χ2v) is 6.07. The van der Waals surface area contributed by atoms with Gasteiger partial charge in [-0.05, 0) is 36.2 Å². The van der Waals surface area contributed by atoms with Crippen molar-refractivity contribution in [2.24, 2.45) is 0 Å². The molecule has 0 unspecified atom stereocenters. The molecule has 3 rings (SSSR count). The average Bonchev–Trinajstić information content (AvgIpc) is 2.46. The number of benzene rings is 1. The topological polar surface area (TPSA) is 59.1 Å². The Labute approximate surface area is 133 Å². The lowest BCUT2D eigenvalue weighted by atomic mass is 9.63. The van der Waals surface area contributed by atoms with Crippen LogP contribution in [0.15, 0.2) is 42.7 Å². The van der Waals surface area contributed by atoms with Crippen LogP contribution in [0.1, 0.15) is 24.0 Å². The van der Waals surface area contributed by atoms with E-state index < -0.39 is 5.41 Å². The van der Waals surface area contributed by atoms with Gasteiger partial charge in [0.15, 0.2) is 0 Å². The highest BCUT2D eigenvalue weighted by atomic mass is 35.5. The van der Waals surface area contributed by atoms with Gasteiger partial charge in [0.25, 0.3) is 0 Å². The van der Waals surface area contributed by atoms with Crippen molar-refractivity contribution in [1.82, 2.24) is 4.98 Å². The molecular formula is C17H15ClN2O2. The summed E-state index contributed by atoms with van der Waals surface area (Å²) in [7, 11) is 0. The SMILES string of the molecule is Cc1ccncc1NC(=O)C1(c2cccc(Cl)c2)CC(=O)C1. The molecule has 0 spiro atoms. The first kappa shape index (κ1) is 14.7. The van der Waals surface area contributed by atoms with Gasteiger partial charge in [-0.2, -0.15) is 0 Å². The van der Waals surface area contributed by atoms with Crippen molar-refractivity contribution < 1.29 is 9.59 Å². The normalized spacial score (nSPS) is 16.0. The quantitative estimate of drug-likeness (QED) is 0.945. The van der Waals surface area contributed by atoms with E-state index >= 15 is 0 Å². The molecule has 1 aliphatic rings. The number of halogens is 1. The summed E-state index contributed by atoms with van der Waals surface area (Å²) in [6.07, 6.45) is 3.70. The van der Waals surface area contributed by atoms with Crippen molar-refractivity contribution in [1.29, 1.82) is 0 Å². The van der Waals surface area contributed by atoms with Gasteiger partial charge in [-0.1, -0.05) is 23.7 Å². The molecule has 1 fully saturated rings. The van der Waals surface area contributed by atoms with Crippen LogP contribution in [-0.4, -0.2) is 16.7 Å². The van der Waals surface area contributed by atoms with Gasteiger partial charge in [0.05, 0.1) is 17.3 Å². The van der Waals surface area contributed by atoms with Crippen LogP contribution in [0.25, 0.3) is 0 Å². The number of carbonyl (C=O) groups excluding carboxylic acids is 2. The Bertz CT molecular complexity index is 750. The van der Waals surface area contributed by atoms with Crippen molar-refractivity contribution in [3.63, 3.8) is 0 Å². The van der Waals surface area contributed by atoms with Crippen LogP contribution >= 0.6 is 11.6 Å². The van der Waals surface area contributed by atoms with Crippen LogP contribution in [0.4, 0.5) is 5.69 Å². The fraction of sp³-hybridized carbons (Fsp3) is 0.235. The summed E-state index contributed by atoms with van der Waals surface area (Å²) in [6.45, 7) is 1.90. The van der Waals surface area contributed by atoms with Crippen molar-refractivity contribution in [3.8, 4) is 0 Å². The zero-order valence-electron chi connectivity index (χ0n) is 12.1. The highest BCUT2D eigenvalue weighted by molar-refractivity contribution is 6.30. The summed E-state index contributed by atoms with van der Waals surface area (Å²) in [6, 6.07) is 8.97. The first-order valence-electron chi connectivity index (χ1n) is 7.01. The van der Waals surface area contributed by atoms with E-state index in [0.717, 1.165) is 11.1 Å². The molecule has 0 saturated heterocycles. The van der Waals surface area contributed by atoms with Gasteiger partial charge in [0.2, 0.25) is 5.91 Å². The molecule has 1 aromatic heterocycles. The maximum atomic E-state index is 12.8. The number of nitrogens with zero attached hydrogens (tertiary/aromatic N) is 1. The number of aryl methyl sites for hydroxylation is 1. The van der Waals surface area contributed by atoms with Gasteiger partial charge >= 0.3 is 0 Å². The lowest BCUT2D eigenvalue weighted by molar-refractivity contribution is -0.138. The summed E-state index contributed by atoms with van der Waals surface area (Å²) >= 11 is 6.03. The zero-order chi connectivity index (χ0) is 15.7. The van der Waals surface area contributed by atoms with Crippen LogP contribution in [-0.2, 0) is 15.0 Å². The number of pyridine rings is 1. The van der Waals surface area contributed by atoms with Crippen molar-refractivity contribution in [3.05, 3.63) is 58.9 Å². The van der Waals surface area contributed by atoms with Crippen molar-refractivity contribution in [2.75, 3.05) is 5.32 Å². The minimum absolute atomic E-state index is 0.0815. The number of aromatic nitrogens is 1. The number of hydrogen-bond donors (Lipinski definition) is 1. The predicted octanol–water partition coefficient (Wildman–Crippen LogP) is 3.28. The lowest BCUT2D eigenvalue weighted by Crippen LogP contribution is -2.51. The standard InChI is InChI=1S/C17H15ClN2O2/c1-11-5-6-19-10-15(11)20-16(22)17(8-14(21)9-17)12-3-2-4-13(18)7-12/h2-7,10H,8-9H2,1H3,(H,20,22). The van der Waals surface area contributed by atoms with Gasteiger partial charge in [-0.25, -0.2) is 0 Å². The molecule has 1 heterocycles. The number of hydrogen-bond acceptors (Lipinski definition) is 3. The Balaban J connectivity index is 1.93. The molecule has 1 aromatic carbocycles. The third-order valence-corrected chi connectivity index (χ3v) is 4.33. The molecular weight excluding hydrogens is 300 g/mol. The monoisotopic (exact) mass is 314 g/mol. The molecule has 2 aromatic rings. The third-order valence-electron chi connectivity index (χ3n) is 4.10. The van der Waals surface area contributed by atoms with Crippen LogP contribution < -0.4 is 5.32 Å². The molecule has 22 heavy (non-hydrogen) atoms. The van der Waals surface area contributed by atoms with Crippen LogP contribution in [0.5, 0.6) is 0 Å². The predicted molar refractivity (Wildman–Crippen MR) is 85.0 cm³/mol. The van der Waals surface area contributed by atoms with Gasteiger partial charge in [0.1, 0.15) is 5.78 Å². The number of amides is 1. The Morgan fingerprint density at radius 3 is 2.73 bits per heavy atom. The van der Waals surface area contributed by atoms with E-state index in [1.807, 2.05) is 19.1 Å². The fourth-order valence-electron chi connectivity index (χ4n) is 2.74. The number of nitrogens with one attached hydrogen (secondary N) is 1. The Morgan fingerprint density at radius 2 is 2.09 bits per heavy atom. The van der Waals surface area contributed by atoms with Crippen LogP contribution in [0, 0.1) is 6.92 Å². The Hall–Kier alpha value is -2.20.